The van der Waals surface area contributed by atoms with E-state index in [1.165, 1.54) is 51.2 Å². The topological polar surface area (TPSA) is 21.7 Å². The highest BCUT2D eigenvalue weighted by atomic mass is 28.4. The molecule has 0 bridgehead atoms. The van der Waals surface area contributed by atoms with Crippen LogP contribution in [-0.2, 0) is 8.85 Å². The van der Waals surface area contributed by atoms with Crippen molar-refractivity contribution in [1.29, 1.82) is 0 Å². The van der Waals surface area contributed by atoms with Crippen molar-refractivity contribution < 1.29 is 8.85 Å². The highest BCUT2D eigenvalue weighted by molar-refractivity contribution is 6.70. The lowest BCUT2D eigenvalue weighted by Gasteiger charge is -2.31. The van der Waals surface area contributed by atoms with Crippen LogP contribution in [0.2, 0.25) is 17.6 Å². The van der Waals surface area contributed by atoms with Crippen LogP contribution >= 0.6 is 0 Å². The first-order chi connectivity index (χ1) is 8.93. The van der Waals surface area contributed by atoms with Gasteiger partial charge in [0, 0.05) is 14.2 Å². The number of hydrogen-bond donors (Lipinski definition) is 0. The molecule has 112 valence electrons. The van der Waals surface area contributed by atoms with Crippen LogP contribution in [0.4, 0.5) is 0 Å². The normalized spacial score (nSPS) is 25.1. The largest absolute Gasteiger partial charge is 0.420 e. The van der Waals surface area contributed by atoms with Crippen LogP contribution in [0, 0.1) is 0 Å². The van der Waals surface area contributed by atoms with Gasteiger partial charge in [0.05, 0.1) is 0 Å². The van der Waals surface area contributed by atoms with Gasteiger partial charge in [0.15, 0.2) is 0 Å². The summed E-state index contributed by atoms with van der Waals surface area (Å²) in [5.74, 6) is 0. The summed E-state index contributed by atoms with van der Waals surface area (Å²) in [5, 5.41) is 0.359. The zero-order chi connectivity index (χ0) is 14.4. The molecule has 3 nitrogen and oxygen atoms in total. The highest BCUT2D eigenvalue weighted by Gasteiger charge is 2.39. The number of nitrogens with zero attached hydrogens (tertiary/aromatic N) is 1. The van der Waals surface area contributed by atoms with E-state index in [-0.39, 0.29) is 0 Å². The van der Waals surface area contributed by atoms with Crippen LogP contribution in [0.25, 0.3) is 0 Å². The summed E-state index contributed by atoms with van der Waals surface area (Å²) in [4.78, 5) is 0. The molecule has 5 heteroatoms. The maximum atomic E-state index is 5.80. The molecule has 0 N–H and O–H groups in total. The van der Waals surface area contributed by atoms with Crippen molar-refractivity contribution in [2.24, 2.45) is 0 Å². The van der Waals surface area contributed by atoms with Crippen LogP contribution in [0.5, 0.6) is 0 Å². The molecular weight excluding hydrogens is 270 g/mol. The molecule has 1 atom stereocenters. The molecule has 0 saturated carbocycles. The zero-order valence-electron chi connectivity index (χ0n) is 13.4. The minimum absolute atomic E-state index is 0.359. The summed E-state index contributed by atoms with van der Waals surface area (Å²) in [7, 11) is 2.85. The van der Waals surface area contributed by atoms with E-state index in [1.54, 1.807) is 0 Å². The Kier molecular flexibility index (Phi) is 7.25. The number of rotatable bonds is 9. The molecule has 0 spiro atoms. The molecule has 1 rings (SSSR count). The fourth-order valence-electron chi connectivity index (χ4n) is 2.95. The Labute approximate surface area is 123 Å². The van der Waals surface area contributed by atoms with E-state index >= 15 is 0 Å². The average molecular weight is 302 g/mol. The molecule has 1 aliphatic heterocycles. The maximum Gasteiger partial charge on any atom is 0.267 e. The van der Waals surface area contributed by atoms with E-state index in [0.29, 0.717) is 14.8 Å². The van der Waals surface area contributed by atoms with Crippen molar-refractivity contribution in [2.45, 2.75) is 63.6 Å². The Bertz CT molecular complexity index is 264. The van der Waals surface area contributed by atoms with Crippen molar-refractivity contribution in [1.82, 2.24) is 4.57 Å². The van der Waals surface area contributed by atoms with E-state index in [9.17, 15) is 0 Å². The minimum Gasteiger partial charge on any atom is -0.420 e. The molecule has 0 aromatic heterocycles. The van der Waals surface area contributed by atoms with E-state index in [0.717, 1.165) is 0 Å². The van der Waals surface area contributed by atoms with Crippen LogP contribution < -0.4 is 0 Å². The molecular formula is C14H31NO2Si2. The second-order valence-corrected chi connectivity index (χ2v) is 12.3. The second-order valence-electron chi connectivity index (χ2n) is 6.47. The van der Waals surface area contributed by atoms with Crippen LogP contribution in [0.15, 0.2) is 0 Å². The summed E-state index contributed by atoms with van der Waals surface area (Å²) >= 11 is 0. The third kappa shape index (κ3) is 5.67. The molecule has 1 unspecified atom stereocenters. The third-order valence-electron chi connectivity index (χ3n) is 4.29. The highest BCUT2D eigenvalue weighted by Crippen LogP contribution is 2.30. The van der Waals surface area contributed by atoms with Gasteiger partial charge in [-0.3, -0.25) is 0 Å². The van der Waals surface area contributed by atoms with Crippen molar-refractivity contribution in [2.75, 3.05) is 27.3 Å². The van der Waals surface area contributed by atoms with Gasteiger partial charge in [-0.1, -0.05) is 26.7 Å². The first kappa shape index (κ1) is 17.4. The predicted octanol–water partition coefficient (Wildman–Crippen LogP) is 3.44. The Morgan fingerprint density at radius 1 is 1.21 bits per heavy atom. The van der Waals surface area contributed by atoms with Gasteiger partial charge in [-0.2, -0.15) is 0 Å². The number of hydrogen-bond acceptors (Lipinski definition) is 3. The maximum absolute atomic E-state index is 5.80. The lowest BCUT2D eigenvalue weighted by molar-refractivity contribution is 0.310. The summed E-state index contributed by atoms with van der Waals surface area (Å²) in [6, 6.07) is 1.31. The minimum atomic E-state index is -1.48. The van der Waals surface area contributed by atoms with Crippen molar-refractivity contribution in [3.8, 4) is 0 Å². The van der Waals surface area contributed by atoms with E-state index in [1.807, 2.05) is 14.2 Å². The quantitative estimate of drug-likeness (QED) is 0.481. The van der Waals surface area contributed by atoms with Gasteiger partial charge < -0.3 is 13.4 Å². The van der Waals surface area contributed by atoms with Gasteiger partial charge in [0.25, 0.3) is 8.48 Å². The summed E-state index contributed by atoms with van der Waals surface area (Å²) < 4.78 is 13.7. The lowest BCUT2D eigenvalue weighted by Crippen LogP contribution is -2.48. The third-order valence-corrected chi connectivity index (χ3v) is 9.24. The molecule has 1 saturated heterocycles. The molecule has 1 aliphatic rings. The van der Waals surface area contributed by atoms with Gasteiger partial charge in [0.1, 0.15) is 0 Å². The first-order valence-electron chi connectivity index (χ1n) is 7.54. The molecule has 0 aliphatic carbocycles. The fourth-order valence-corrected chi connectivity index (χ4v) is 6.63. The Morgan fingerprint density at radius 2 is 1.95 bits per heavy atom. The average Bonchev–Trinajstić information content (AvgIpc) is 2.71. The smallest absolute Gasteiger partial charge is 0.267 e. The number of unbranched alkanes of at least 4 members (excludes halogenated alkanes) is 2. The molecule has 0 amide bonds. The van der Waals surface area contributed by atoms with Gasteiger partial charge >= 0.3 is 0 Å². The second kappa shape index (κ2) is 7.93. The molecule has 1 heterocycles. The summed E-state index contributed by atoms with van der Waals surface area (Å²) in [5.41, 5.74) is 0. The Morgan fingerprint density at radius 3 is 2.58 bits per heavy atom. The lowest BCUT2D eigenvalue weighted by atomic mass is 10.0. The van der Waals surface area contributed by atoms with E-state index in [4.69, 9.17) is 8.85 Å². The Balaban J connectivity index is 2.14. The van der Waals surface area contributed by atoms with Crippen LogP contribution in [0.3, 0.4) is 0 Å². The molecule has 0 aromatic carbocycles. The molecule has 19 heavy (non-hydrogen) atoms. The van der Waals surface area contributed by atoms with Gasteiger partial charge in [-0.15, -0.1) is 0 Å². The van der Waals surface area contributed by atoms with Gasteiger partial charge in [-0.05, 0) is 50.0 Å². The van der Waals surface area contributed by atoms with Crippen LogP contribution in [0.1, 0.15) is 46.0 Å². The van der Waals surface area contributed by atoms with Crippen molar-refractivity contribution in [3.05, 3.63) is 0 Å². The standard InChI is InChI=1S/C14H31NO2Si2/c1-14(2,18-16-3)10-7-6-8-11-15-12-9-13-19(15,5)17-4/h6-13H2,1-5H3. The van der Waals surface area contributed by atoms with Crippen LogP contribution in [-0.4, -0.2) is 50.1 Å². The molecule has 1 fully saturated rings. The Hall–Kier alpha value is 0.314. The zero-order valence-corrected chi connectivity index (χ0v) is 15.4. The van der Waals surface area contributed by atoms with Gasteiger partial charge in [0.2, 0.25) is 9.76 Å². The van der Waals surface area contributed by atoms with E-state index < -0.39 is 8.48 Å². The molecule has 2 radical (unpaired) electrons. The van der Waals surface area contributed by atoms with Gasteiger partial charge in [-0.25, -0.2) is 0 Å². The summed E-state index contributed by atoms with van der Waals surface area (Å²) in [6.45, 7) is 9.48. The summed E-state index contributed by atoms with van der Waals surface area (Å²) in [6.07, 6.45) is 6.58. The monoisotopic (exact) mass is 301 g/mol. The fraction of sp³-hybridized carbons (Fsp3) is 1.00. The van der Waals surface area contributed by atoms with E-state index in [2.05, 4.69) is 25.0 Å². The van der Waals surface area contributed by atoms with Crippen molar-refractivity contribution in [3.63, 3.8) is 0 Å². The SMILES string of the molecule is CO[Si]C(C)(C)CCCCCN1CCC[Si]1(C)OC. The van der Waals surface area contributed by atoms with Crippen molar-refractivity contribution >= 4 is 18.2 Å². The molecule has 0 aromatic rings. The first-order valence-corrected chi connectivity index (χ1v) is 11.0. The predicted molar refractivity (Wildman–Crippen MR) is 84.9 cm³/mol.